The van der Waals surface area contributed by atoms with Gasteiger partial charge >= 0.3 is 5.97 Å². The number of aliphatic carboxylic acids is 1. The minimum absolute atomic E-state index is 0.342. The summed E-state index contributed by atoms with van der Waals surface area (Å²) < 4.78 is 6.80. The van der Waals surface area contributed by atoms with E-state index in [-0.39, 0.29) is 0 Å². The van der Waals surface area contributed by atoms with Gasteiger partial charge in [-0.05, 0) is 13.0 Å². The number of carbonyl (C=O) groups is 1. The number of benzene rings is 2. The molecule has 0 aliphatic carbocycles. The van der Waals surface area contributed by atoms with Crippen molar-refractivity contribution >= 4 is 33.7 Å². The van der Waals surface area contributed by atoms with Crippen LogP contribution in [-0.4, -0.2) is 21.3 Å². The van der Waals surface area contributed by atoms with Crippen molar-refractivity contribution in [1.82, 2.24) is 4.98 Å². The molecule has 0 fully saturated rings. The first-order valence-electron chi connectivity index (χ1n) is 7.27. The number of thioether (sulfide) groups is 1. The topological polar surface area (TPSA) is 63.3 Å². The van der Waals surface area contributed by atoms with Crippen molar-refractivity contribution < 1.29 is 14.3 Å². The second-order valence-corrected chi connectivity index (χ2v) is 7.25. The van der Waals surface area contributed by atoms with Gasteiger partial charge in [0.1, 0.15) is 10.9 Å². The van der Waals surface area contributed by atoms with Crippen molar-refractivity contribution in [3.8, 4) is 22.6 Å². The lowest BCUT2D eigenvalue weighted by Crippen LogP contribution is -2.10. The van der Waals surface area contributed by atoms with E-state index < -0.39 is 11.2 Å². The summed E-state index contributed by atoms with van der Waals surface area (Å²) in [4.78, 5) is 15.6. The van der Waals surface area contributed by atoms with Gasteiger partial charge in [0.2, 0.25) is 0 Å². The molecule has 24 heavy (non-hydrogen) atoms. The van der Waals surface area contributed by atoms with Gasteiger partial charge in [-0.3, -0.25) is 4.79 Å². The van der Waals surface area contributed by atoms with E-state index in [4.69, 9.17) is 9.52 Å². The van der Waals surface area contributed by atoms with Gasteiger partial charge in [0, 0.05) is 15.6 Å². The lowest BCUT2D eigenvalue weighted by Gasteiger charge is -2.03. The largest absolute Gasteiger partial charge is 0.480 e. The van der Waals surface area contributed by atoms with Gasteiger partial charge in [-0.1, -0.05) is 76.2 Å². The number of carboxylic acid groups (broad SMARTS) is 1. The summed E-state index contributed by atoms with van der Waals surface area (Å²) in [6.45, 7) is 1.61. The minimum Gasteiger partial charge on any atom is -0.480 e. The van der Waals surface area contributed by atoms with Crippen LogP contribution in [0, 0.1) is 0 Å². The molecule has 3 rings (SSSR count). The second kappa shape index (κ2) is 7.23. The minimum atomic E-state index is -0.901. The predicted molar refractivity (Wildman–Crippen MR) is 98.0 cm³/mol. The number of rotatable bonds is 5. The van der Waals surface area contributed by atoms with Crippen molar-refractivity contribution in [1.29, 1.82) is 0 Å². The van der Waals surface area contributed by atoms with Crippen molar-refractivity contribution in [2.24, 2.45) is 0 Å². The van der Waals surface area contributed by atoms with Crippen LogP contribution >= 0.6 is 27.7 Å². The molecule has 1 N–H and O–H groups in total. The molecular weight excluding hydrogens is 390 g/mol. The lowest BCUT2D eigenvalue weighted by molar-refractivity contribution is -0.136. The highest BCUT2D eigenvalue weighted by Crippen LogP contribution is 2.39. The zero-order chi connectivity index (χ0) is 17.1. The SMILES string of the molecule is CC(Sc1nc(-c2ccccc2Br)c(-c2ccccc2)o1)C(=O)O. The van der Waals surface area contributed by atoms with E-state index in [1.54, 1.807) is 6.92 Å². The van der Waals surface area contributed by atoms with Crippen LogP contribution in [0.4, 0.5) is 0 Å². The molecule has 1 unspecified atom stereocenters. The molecule has 0 bridgehead atoms. The van der Waals surface area contributed by atoms with E-state index in [1.807, 2.05) is 54.6 Å². The fourth-order valence-corrected chi connectivity index (χ4v) is 3.32. The number of hydrogen-bond acceptors (Lipinski definition) is 4. The molecule has 1 atom stereocenters. The fraction of sp³-hybridized carbons (Fsp3) is 0.111. The molecule has 0 amide bonds. The predicted octanol–water partition coefficient (Wildman–Crippen LogP) is 5.34. The maximum atomic E-state index is 11.1. The average Bonchev–Trinajstić information content (AvgIpc) is 2.99. The third-order valence-electron chi connectivity index (χ3n) is 3.40. The molecule has 0 aliphatic rings. The van der Waals surface area contributed by atoms with Gasteiger partial charge in [-0.2, -0.15) is 0 Å². The Morgan fingerprint density at radius 2 is 1.83 bits per heavy atom. The van der Waals surface area contributed by atoms with Crippen LogP contribution < -0.4 is 0 Å². The molecule has 3 aromatic rings. The number of halogens is 1. The Bertz CT molecular complexity index is 864. The Morgan fingerprint density at radius 1 is 1.17 bits per heavy atom. The standard InChI is InChI=1S/C18H14BrNO3S/c1-11(17(21)22)24-18-20-15(13-9-5-6-10-14(13)19)16(23-18)12-7-3-2-4-8-12/h2-11H,1H3,(H,21,22). The molecule has 0 radical (unpaired) electrons. The Labute approximate surface area is 152 Å². The highest BCUT2D eigenvalue weighted by Gasteiger charge is 2.22. The molecular formula is C18H14BrNO3S. The smallest absolute Gasteiger partial charge is 0.316 e. The van der Waals surface area contributed by atoms with Crippen molar-refractivity contribution in [3.05, 3.63) is 59.1 Å². The van der Waals surface area contributed by atoms with E-state index in [9.17, 15) is 4.79 Å². The van der Waals surface area contributed by atoms with E-state index in [0.717, 1.165) is 27.4 Å². The molecule has 1 heterocycles. The Morgan fingerprint density at radius 3 is 2.50 bits per heavy atom. The van der Waals surface area contributed by atoms with Gasteiger partial charge in [0.25, 0.3) is 5.22 Å². The molecule has 0 aliphatic heterocycles. The summed E-state index contributed by atoms with van der Waals surface area (Å²) in [5.41, 5.74) is 2.48. The van der Waals surface area contributed by atoms with Crippen molar-refractivity contribution in [2.45, 2.75) is 17.4 Å². The molecule has 2 aromatic carbocycles. The van der Waals surface area contributed by atoms with Gasteiger partial charge in [0.15, 0.2) is 5.76 Å². The van der Waals surface area contributed by atoms with Crippen LogP contribution in [-0.2, 0) is 4.79 Å². The summed E-state index contributed by atoms with van der Waals surface area (Å²) in [7, 11) is 0. The Hall–Kier alpha value is -2.05. The average molecular weight is 404 g/mol. The van der Waals surface area contributed by atoms with Gasteiger partial charge in [-0.15, -0.1) is 0 Å². The molecule has 4 nitrogen and oxygen atoms in total. The van der Waals surface area contributed by atoms with Crippen molar-refractivity contribution in [3.63, 3.8) is 0 Å². The van der Waals surface area contributed by atoms with Crippen LogP contribution in [0.3, 0.4) is 0 Å². The summed E-state index contributed by atoms with van der Waals surface area (Å²) in [5, 5.41) is 8.80. The van der Waals surface area contributed by atoms with Crippen LogP contribution in [0.15, 0.2) is 68.7 Å². The molecule has 0 saturated carbocycles. The monoisotopic (exact) mass is 403 g/mol. The lowest BCUT2D eigenvalue weighted by atomic mass is 10.1. The molecule has 6 heteroatoms. The maximum Gasteiger partial charge on any atom is 0.316 e. The quantitative estimate of drug-likeness (QED) is 0.582. The van der Waals surface area contributed by atoms with E-state index >= 15 is 0 Å². The van der Waals surface area contributed by atoms with Crippen LogP contribution in [0.5, 0.6) is 0 Å². The summed E-state index contributed by atoms with van der Waals surface area (Å²) in [5.74, 6) is -0.274. The Kier molecular flexibility index (Phi) is 5.06. The van der Waals surface area contributed by atoms with Crippen molar-refractivity contribution in [2.75, 3.05) is 0 Å². The van der Waals surface area contributed by atoms with Gasteiger partial charge < -0.3 is 9.52 Å². The fourth-order valence-electron chi connectivity index (χ4n) is 2.17. The first kappa shape index (κ1) is 16.8. The van der Waals surface area contributed by atoms with E-state index in [1.165, 1.54) is 0 Å². The number of nitrogens with zero attached hydrogens (tertiary/aromatic N) is 1. The summed E-state index contributed by atoms with van der Waals surface area (Å²) >= 11 is 4.63. The third kappa shape index (κ3) is 3.55. The summed E-state index contributed by atoms with van der Waals surface area (Å²) in [6.07, 6.45) is 0. The van der Waals surface area contributed by atoms with E-state index in [2.05, 4.69) is 20.9 Å². The molecule has 1 aromatic heterocycles. The normalized spacial score (nSPS) is 12.1. The maximum absolute atomic E-state index is 11.1. The highest BCUT2D eigenvalue weighted by molar-refractivity contribution is 9.10. The number of oxazole rings is 1. The first-order chi connectivity index (χ1) is 11.6. The van der Waals surface area contributed by atoms with Crippen LogP contribution in [0.2, 0.25) is 0 Å². The number of hydrogen-bond donors (Lipinski definition) is 1. The Balaban J connectivity index is 2.10. The van der Waals surface area contributed by atoms with Crippen LogP contribution in [0.25, 0.3) is 22.6 Å². The number of aromatic nitrogens is 1. The third-order valence-corrected chi connectivity index (χ3v) is 5.02. The second-order valence-electron chi connectivity index (χ2n) is 5.10. The molecule has 0 spiro atoms. The number of carboxylic acids is 1. The van der Waals surface area contributed by atoms with E-state index in [0.29, 0.717) is 16.7 Å². The highest BCUT2D eigenvalue weighted by atomic mass is 79.9. The zero-order valence-corrected chi connectivity index (χ0v) is 15.2. The summed E-state index contributed by atoms with van der Waals surface area (Å²) in [6, 6.07) is 17.4. The van der Waals surface area contributed by atoms with Gasteiger partial charge in [-0.25, -0.2) is 4.98 Å². The zero-order valence-electron chi connectivity index (χ0n) is 12.8. The molecule has 122 valence electrons. The van der Waals surface area contributed by atoms with Crippen LogP contribution in [0.1, 0.15) is 6.92 Å². The van der Waals surface area contributed by atoms with Gasteiger partial charge in [0.05, 0.1) is 0 Å². The molecule has 0 saturated heterocycles. The first-order valence-corrected chi connectivity index (χ1v) is 8.94.